The first-order valence-corrected chi connectivity index (χ1v) is 15.0. The van der Waals surface area contributed by atoms with Crippen LogP contribution in [0.15, 0.2) is 134 Å². The molecule has 42 heavy (non-hydrogen) atoms. The number of hydrogen-bond donors (Lipinski definition) is 0. The van der Waals surface area contributed by atoms with Crippen LogP contribution in [0, 0.1) is 0 Å². The molecule has 0 aliphatic rings. The normalized spacial score (nSPS) is 14.1. The van der Waals surface area contributed by atoms with E-state index in [1.165, 1.54) is 10.8 Å². The fraction of sp³-hybridized carbons (Fsp3) is 0. The smallest absolute Gasteiger partial charge is 0.116 e. The van der Waals surface area contributed by atoms with Crippen molar-refractivity contribution in [3.05, 3.63) is 134 Å². The van der Waals surface area contributed by atoms with Gasteiger partial charge in [0.25, 0.3) is 0 Å². The third kappa shape index (κ3) is 3.69. The number of rotatable bonds is 3. The Hall–Kier alpha value is -4.90. The number of hydrogen-bond acceptors (Lipinski definition) is 4. The van der Waals surface area contributed by atoms with Gasteiger partial charge in [-0.25, -0.2) is 9.97 Å². The molecule has 2 nitrogen and oxygen atoms in total. The van der Waals surface area contributed by atoms with E-state index >= 15 is 0 Å². The molecule has 0 radical (unpaired) electrons. The topological polar surface area (TPSA) is 25.8 Å². The highest BCUT2D eigenvalue weighted by molar-refractivity contribution is 7.26. The SMILES string of the molecule is [2H]c1c([2H])c([2H])c2c(sc3c(-c4cccc(-c5ncnc6c5sc5ccc(-c7ccc8ccccc8c7)cc56)c4)c([2H])c([2H])c([2H])c32)c1[2H]. The van der Waals surface area contributed by atoms with Gasteiger partial charge in [-0.3, -0.25) is 0 Å². The molecular weight excluding hydrogens is 549 g/mol. The highest BCUT2D eigenvalue weighted by atomic mass is 32.1. The first kappa shape index (κ1) is 17.8. The number of benzene rings is 6. The van der Waals surface area contributed by atoms with Gasteiger partial charge in [-0.2, -0.15) is 0 Å². The molecule has 0 saturated heterocycles. The van der Waals surface area contributed by atoms with Gasteiger partial charge in [-0.15, -0.1) is 22.7 Å². The Morgan fingerprint density at radius 3 is 2.31 bits per heavy atom. The van der Waals surface area contributed by atoms with E-state index < -0.39 is 0 Å². The van der Waals surface area contributed by atoms with Crippen LogP contribution in [0.25, 0.3) is 84.8 Å². The van der Waals surface area contributed by atoms with Gasteiger partial charge < -0.3 is 0 Å². The van der Waals surface area contributed by atoms with E-state index in [1.807, 2.05) is 36.4 Å². The van der Waals surface area contributed by atoms with E-state index in [0.29, 0.717) is 20.5 Å². The summed E-state index contributed by atoms with van der Waals surface area (Å²) >= 11 is 2.75. The lowest BCUT2D eigenvalue weighted by Crippen LogP contribution is -1.87. The first-order chi connectivity index (χ1) is 23.7. The highest BCUT2D eigenvalue weighted by Crippen LogP contribution is 2.42. The molecule has 9 aromatic rings. The zero-order valence-electron chi connectivity index (χ0n) is 28.9. The van der Waals surface area contributed by atoms with Crippen molar-refractivity contribution in [2.24, 2.45) is 0 Å². The van der Waals surface area contributed by atoms with Crippen molar-refractivity contribution in [1.82, 2.24) is 9.97 Å². The van der Waals surface area contributed by atoms with Crippen LogP contribution in [-0.4, -0.2) is 9.97 Å². The van der Waals surface area contributed by atoms with Gasteiger partial charge in [0.1, 0.15) is 6.33 Å². The maximum atomic E-state index is 8.94. The van der Waals surface area contributed by atoms with Crippen LogP contribution in [0.4, 0.5) is 0 Å². The molecule has 9 rings (SSSR count). The quantitative estimate of drug-likeness (QED) is 0.209. The van der Waals surface area contributed by atoms with Gasteiger partial charge in [0.2, 0.25) is 0 Å². The Balaban J connectivity index is 1.22. The molecule has 0 N–H and O–H groups in total. The van der Waals surface area contributed by atoms with Crippen molar-refractivity contribution >= 4 is 73.9 Å². The fourth-order valence-corrected chi connectivity index (χ4v) is 7.92. The molecule has 3 heterocycles. The average molecular weight is 578 g/mol. The van der Waals surface area contributed by atoms with Gasteiger partial charge in [0.15, 0.2) is 0 Å². The molecular formula is C38H22N2S2. The predicted molar refractivity (Wildman–Crippen MR) is 182 cm³/mol. The maximum absolute atomic E-state index is 8.94. The molecule has 0 aliphatic heterocycles. The minimum absolute atomic E-state index is 0.132. The summed E-state index contributed by atoms with van der Waals surface area (Å²) in [5.41, 5.74) is 5.66. The zero-order chi connectivity index (χ0) is 33.7. The summed E-state index contributed by atoms with van der Waals surface area (Å²) in [6, 6.07) is 27.0. The molecule has 196 valence electrons. The number of thiophene rings is 2. The van der Waals surface area contributed by atoms with Crippen LogP contribution >= 0.6 is 22.7 Å². The molecule has 0 atom stereocenters. The third-order valence-corrected chi connectivity index (χ3v) is 9.98. The fourth-order valence-electron chi connectivity index (χ4n) is 5.68. The van der Waals surface area contributed by atoms with E-state index in [1.54, 1.807) is 17.7 Å². The molecule has 0 spiro atoms. The summed E-state index contributed by atoms with van der Waals surface area (Å²) in [5, 5.41) is 3.90. The molecule has 4 heteroatoms. The number of aromatic nitrogens is 2. The summed E-state index contributed by atoms with van der Waals surface area (Å²) in [7, 11) is 0. The summed E-state index contributed by atoms with van der Waals surface area (Å²) < 4.78 is 62.7. The average Bonchev–Trinajstić information content (AvgIpc) is 3.71. The molecule has 0 fully saturated rings. The van der Waals surface area contributed by atoms with E-state index in [4.69, 9.17) is 19.6 Å². The van der Waals surface area contributed by atoms with Gasteiger partial charge in [0, 0.05) is 35.8 Å². The first-order valence-electron chi connectivity index (χ1n) is 16.9. The number of fused-ring (bicyclic) bond motifs is 7. The third-order valence-electron chi connectivity index (χ3n) is 7.69. The van der Waals surface area contributed by atoms with Crippen molar-refractivity contribution in [1.29, 1.82) is 0 Å². The molecule has 0 amide bonds. The van der Waals surface area contributed by atoms with Crippen molar-refractivity contribution < 1.29 is 9.60 Å². The molecule has 0 bridgehead atoms. The minimum Gasteiger partial charge on any atom is -0.235 e. The summed E-state index contributed by atoms with van der Waals surface area (Å²) in [5.74, 6) is 0. The maximum Gasteiger partial charge on any atom is 0.116 e. The molecule has 3 aromatic heterocycles. The summed E-state index contributed by atoms with van der Waals surface area (Å²) in [6.07, 6.45) is 1.57. The van der Waals surface area contributed by atoms with Crippen molar-refractivity contribution in [2.45, 2.75) is 0 Å². The molecule has 0 unspecified atom stereocenters. The Labute approximate surface area is 260 Å². The van der Waals surface area contributed by atoms with Gasteiger partial charge in [-0.05, 0) is 63.3 Å². The Morgan fingerprint density at radius 2 is 1.33 bits per heavy atom. The van der Waals surface area contributed by atoms with Crippen LogP contribution in [0.1, 0.15) is 9.60 Å². The molecule has 0 aliphatic carbocycles. The van der Waals surface area contributed by atoms with E-state index in [0.717, 1.165) is 54.0 Å². The van der Waals surface area contributed by atoms with Crippen molar-refractivity contribution in [2.75, 3.05) is 0 Å². The standard InChI is InChI=1S/C38H22N2S2/c1-2-8-24-19-25(16-15-23(24)7-1)26-17-18-34-32(21-26)36-38(42-34)35(39-22-40-36)28-10-5-9-27(20-28)29-12-6-13-31-30-11-3-4-14-33(30)41-37(29)31/h1-22H/i3D,4D,6D,11D,12D,13D,14D. The second-order valence-corrected chi connectivity index (χ2v) is 12.2. The Morgan fingerprint density at radius 1 is 0.524 bits per heavy atom. The van der Waals surface area contributed by atoms with Crippen LogP contribution in [0.5, 0.6) is 0 Å². The van der Waals surface area contributed by atoms with E-state index in [9.17, 15) is 0 Å². The van der Waals surface area contributed by atoms with Crippen molar-refractivity contribution in [3.8, 4) is 33.5 Å². The van der Waals surface area contributed by atoms with E-state index in [-0.39, 0.29) is 53.1 Å². The Kier molecular flexibility index (Phi) is 3.95. The van der Waals surface area contributed by atoms with Crippen molar-refractivity contribution in [3.63, 3.8) is 0 Å². The van der Waals surface area contributed by atoms with Crippen LogP contribution in [0.3, 0.4) is 0 Å². The molecule has 6 aromatic carbocycles. The summed E-state index contributed by atoms with van der Waals surface area (Å²) in [6.45, 7) is 0. The van der Waals surface area contributed by atoms with Gasteiger partial charge in [0.05, 0.1) is 25.5 Å². The zero-order valence-corrected chi connectivity index (χ0v) is 23.5. The highest BCUT2D eigenvalue weighted by Gasteiger charge is 2.16. The van der Waals surface area contributed by atoms with Crippen LogP contribution in [-0.2, 0) is 0 Å². The van der Waals surface area contributed by atoms with Crippen LogP contribution in [0.2, 0.25) is 0 Å². The van der Waals surface area contributed by atoms with Crippen LogP contribution < -0.4 is 0 Å². The monoisotopic (exact) mass is 577 g/mol. The lowest BCUT2D eigenvalue weighted by atomic mass is 9.99. The second-order valence-electron chi connectivity index (χ2n) is 10.1. The minimum atomic E-state index is -0.387. The largest absolute Gasteiger partial charge is 0.235 e. The van der Waals surface area contributed by atoms with Gasteiger partial charge in [-0.1, -0.05) is 96.9 Å². The number of nitrogens with zero attached hydrogens (tertiary/aromatic N) is 2. The van der Waals surface area contributed by atoms with Gasteiger partial charge >= 0.3 is 0 Å². The summed E-state index contributed by atoms with van der Waals surface area (Å²) in [4.78, 5) is 9.42. The van der Waals surface area contributed by atoms with E-state index in [2.05, 4.69) is 48.5 Å². The Bertz CT molecular complexity index is 2880. The second kappa shape index (κ2) is 9.31. The molecule has 0 saturated carbocycles. The predicted octanol–water partition coefficient (Wildman–Crippen LogP) is 11.4. The lowest BCUT2D eigenvalue weighted by molar-refractivity contribution is 1.24. The lowest BCUT2D eigenvalue weighted by Gasteiger charge is -2.07.